The van der Waals surface area contributed by atoms with Gasteiger partial charge in [-0.15, -0.1) is 0 Å². The fraction of sp³-hybridized carbons (Fsp3) is 0.412. The Labute approximate surface area is 270 Å². The molecule has 4 aliphatic rings. The van der Waals surface area contributed by atoms with E-state index in [1.807, 2.05) is 18.2 Å². The molecule has 2 saturated heterocycles. The van der Waals surface area contributed by atoms with Crippen molar-refractivity contribution in [1.82, 2.24) is 14.5 Å². The Hall–Kier alpha value is -4.06. The molecule has 4 atom stereocenters. The third kappa shape index (κ3) is 4.75. The van der Waals surface area contributed by atoms with E-state index in [0.717, 1.165) is 56.0 Å². The Kier molecular flexibility index (Phi) is 7.04. The molecule has 0 spiro atoms. The van der Waals surface area contributed by atoms with Gasteiger partial charge in [-0.1, -0.05) is 17.7 Å². The number of rotatable bonds is 8. The first-order valence-electron chi connectivity index (χ1n) is 15.6. The summed E-state index contributed by atoms with van der Waals surface area (Å²) < 4.78 is 41.1. The molecule has 3 aromatic carbocycles. The molecule has 240 valence electrons. The highest BCUT2D eigenvalue weighted by atomic mass is 35.5. The van der Waals surface area contributed by atoms with Crippen LogP contribution in [0.5, 0.6) is 17.2 Å². The summed E-state index contributed by atoms with van der Waals surface area (Å²) in [6.45, 7) is 5.21. The standard InChI is InChI=1S/C34H34ClFN4O6/c1-34(22-7-6-20(35)16-23(22)36)45-28-5-3-4-26(32(28)46-34)39-12-11-38(24-8-9-25(24)39)18-30-37-31-27(40(30)17-21-10-13-44-21)14-19(33(41)42)15-29(31)43-2/h3-7,14-16,21,24-25H,8-13,17-18H2,1-2H3,(H,41,42)/t21-,24-,25+,34-/m0/s1. The molecule has 1 N–H and O–H groups in total. The minimum atomic E-state index is -1.32. The van der Waals surface area contributed by atoms with Crippen molar-refractivity contribution in [2.24, 2.45) is 0 Å². The van der Waals surface area contributed by atoms with E-state index >= 15 is 0 Å². The number of aromatic nitrogens is 2. The first-order chi connectivity index (χ1) is 22.2. The second kappa shape index (κ2) is 11.0. The number of anilines is 1. The minimum absolute atomic E-state index is 0.0679. The van der Waals surface area contributed by atoms with Gasteiger partial charge in [0.2, 0.25) is 0 Å². The van der Waals surface area contributed by atoms with Gasteiger partial charge in [-0.05, 0) is 61.7 Å². The number of fused-ring (bicyclic) bond motifs is 3. The fourth-order valence-electron chi connectivity index (χ4n) is 7.28. The highest BCUT2D eigenvalue weighted by Crippen LogP contribution is 2.51. The van der Waals surface area contributed by atoms with Crippen molar-refractivity contribution in [3.05, 3.63) is 76.3 Å². The van der Waals surface area contributed by atoms with E-state index in [4.69, 9.17) is 35.5 Å². The molecule has 3 aliphatic heterocycles. The molecule has 1 saturated carbocycles. The number of imidazole rings is 1. The second-order valence-corrected chi connectivity index (χ2v) is 13.0. The van der Waals surface area contributed by atoms with Crippen LogP contribution in [0.25, 0.3) is 11.0 Å². The minimum Gasteiger partial charge on any atom is -0.494 e. The number of ether oxygens (including phenoxy) is 4. The van der Waals surface area contributed by atoms with Crippen LogP contribution in [0.2, 0.25) is 5.02 Å². The van der Waals surface area contributed by atoms with Crippen LogP contribution in [0, 0.1) is 5.82 Å². The number of carboxylic acid groups (broad SMARTS) is 1. The van der Waals surface area contributed by atoms with Gasteiger partial charge in [-0.3, -0.25) is 4.90 Å². The molecule has 4 aromatic rings. The Morgan fingerprint density at radius 3 is 2.65 bits per heavy atom. The highest BCUT2D eigenvalue weighted by Gasteiger charge is 2.47. The van der Waals surface area contributed by atoms with Gasteiger partial charge in [0.1, 0.15) is 22.9 Å². The van der Waals surface area contributed by atoms with Crippen molar-refractivity contribution in [1.29, 1.82) is 0 Å². The van der Waals surface area contributed by atoms with Crippen molar-refractivity contribution in [3.8, 4) is 17.2 Å². The molecular formula is C34H34ClFN4O6. The van der Waals surface area contributed by atoms with Gasteiger partial charge in [0.25, 0.3) is 5.79 Å². The number of nitrogens with zero attached hydrogens (tertiary/aromatic N) is 4. The first kappa shape index (κ1) is 29.3. The number of benzene rings is 3. The molecule has 4 heterocycles. The fourth-order valence-corrected chi connectivity index (χ4v) is 7.44. The Balaban J connectivity index is 1.07. The SMILES string of the molecule is COc1cc(C(=O)O)cc2c1nc(CN1CCN(c3cccc4c3O[C@@](C)(c3ccc(Cl)cc3F)O4)[C@@H]3CC[C@@H]31)n2C[C@@H]1CCO1. The number of para-hydroxylation sites is 1. The lowest BCUT2D eigenvalue weighted by atomic mass is 9.81. The summed E-state index contributed by atoms with van der Waals surface area (Å²) in [5.41, 5.74) is 2.78. The maximum atomic E-state index is 15.0. The van der Waals surface area contributed by atoms with Gasteiger partial charge in [0.05, 0.1) is 48.6 Å². The van der Waals surface area contributed by atoms with E-state index in [2.05, 4.69) is 14.4 Å². The maximum absolute atomic E-state index is 15.0. The molecule has 46 heavy (non-hydrogen) atoms. The zero-order chi connectivity index (χ0) is 31.7. The lowest BCUT2D eigenvalue weighted by molar-refractivity contribution is -0.0706. The maximum Gasteiger partial charge on any atom is 0.335 e. The normalized spacial score (nSPS) is 25.2. The molecular weight excluding hydrogens is 615 g/mol. The van der Waals surface area contributed by atoms with Gasteiger partial charge in [-0.2, -0.15) is 0 Å². The van der Waals surface area contributed by atoms with Crippen molar-refractivity contribution in [2.45, 2.75) is 63.3 Å². The van der Waals surface area contributed by atoms with Crippen molar-refractivity contribution < 1.29 is 33.2 Å². The highest BCUT2D eigenvalue weighted by molar-refractivity contribution is 6.30. The molecule has 3 fully saturated rings. The Morgan fingerprint density at radius 2 is 1.96 bits per heavy atom. The van der Waals surface area contributed by atoms with Crippen molar-refractivity contribution >= 4 is 34.3 Å². The van der Waals surface area contributed by atoms with Crippen LogP contribution in [-0.2, 0) is 23.6 Å². The number of carbonyl (C=O) groups is 1. The summed E-state index contributed by atoms with van der Waals surface area (Å²) in [4.78, 5) is 21.8. The van der Waals surface area contributed by atoms with E-state index in [0.29, 0.717) is 40.9 Å². The lowest BCUT2D eigenvalue weighted by Crippen LogP contribution is -2.64. The second-order valence-electron chi connectivity index (χ2n) is 12.5. The van der Waals surface area contributed by atoms with Crippen molar-refractivity contribution in [3.63, 3.8) is 0 Å². The quantitative estimate of drug-likeness (QED) is 0.253. The summed E-state index contributed by atoms with van der Waals surface area (Å²) in [5.74, 6) is -0.313. The number of hydrogen-bond donors (Lipinski definition) is 1. The van der Waals surface area contributed by atoms with Crippen LogP contribution in [0.3, 0.4) is 0 Å². The van der Waals surface area contributed by atoms with Gasteiger partial charge < -0.3 is 33.5 Å². The molecule has 0 amide bonds. The monoisotopic (exact) mass is 648 g/mol. The van der Waals surface area contributed by atoms with Crippen LogP contribution in [0.4, 0.5) is 10.1 Å². The number of aromatic carboxylic acids is 1. The third-order valence-electron chi connectivity index (χ3n) is 9.88. The van der Waals surface area contributed by atoms with E-state index in [9.17, 15) is 14.3 Å². The topological polar surface area (TPSA) is 98.5 Å². The number of halogens is 2. The largest absolute Gasteiger partial charge is 0.494 e. The number of hydrogen-bond acceptors (Lipinski definition) is 8. The van der Waals surface area contributed by atoms with Crippen LogP contribution >= 0.6 is 11.6 Å². The summed E-state index contributed by atoms with van der Waals surface area (Å²) in [6.07, 6.45) is 3.09. The molecule has 0 unspecified atom stereocenters. The van der Waals surface area contributed by atoms with Crippen molar-refractivity contribution in [2.75, 3.05) is 31.7 Å². The molecule has 12 heteroatoms. The molecule has 0 bridgehead atoms. The Bertz CT molecular complexity index is 1860. The smallest absolute Gasteiger partial charge is 0.335 e. The predicted molar refractivity (Wildman–Crippen MR) is 169 cm³/mol. The van der Waals surface area contributed by atoms with Gasteiger partial charge in [-0.25, -0.2) is 14.2 Å². The lowest BCUT2D eigenvalue weighted by Gasteiger charge is -2.54. The van der Waals surface area contributed by atoms with Gasteiger partial charge in [0, 0.05) is 43.7 Å². The molecule has 0 radical (unpaired) electrons. The number of carboxylic acids is 1. The number of methoxy groups -OCH3 is 1. The van der Waals surface area contributed by atoms with E-state index in [-0.39, 0.29) is 29.3 Å². The summed E-state index contributed by atoms with van der Waals surface area (Å²) >= 11 is 6.01. The van der Waals surface area contributed by atoms with Crippen LogP contribution < -0.4 is 19.1 Å². The molecule has 1 aromatic heterocycles. The average Bonchev–Trinajstić information content (AvgIpc) is 3.51. The van der Waals surface area contributed by atoms with Gasteiger partial charge in [0.15, 0.2) is 11.5 Å². The van der Waals surface area contributed by atoms with Crippen LogP contribution in [-0.4, -0.2) is 70.5 Å². The van der Waals surface area contributed by atoms with Gasteiger partial charge >= 0.3 is 5.97 Å². The Morgan fingerprint density at radius 1 is 1.13 bits per heavy atom. The third-order valence-corrected chi connectivity index (χ3v) is 10.1. The van der Waals surface area contributed by atoms with Crippen LogP contribution in [0.1, 0.15) is 47.9 Å². The van der Waals surface area contributed by atoms with E-state index in [1.165, 1.54) is 19.2 Å². The molecule has 1 aliphatic carbocycles. The zero-order valence-electron chi connectivity index (χ0n) is 25.5. The van der Waals surface area contributed by atoms with E-state index in [1.54, 1.807) is 25.1 Å². The van der Waals surface area contributed by atoms with E-state index < -0.39 is 17.6 Å². The molecule has 10 nitrogen and oxygen atoms in total. The summed E-state index contributed by atoms with van der Waals surface area (Å²) in [7, 11) is 1.54. The molecule has 8 rings (SSSR count). The number of piperazine rings is 1. The zero-order valence-corrected chi connectivity index (χ0v) is 26.3. The van der Waals surface area contributed by atoms with Crippen LogP contribution in [0.15, 0.2) is 48.5 Å². The first-order valence-corrected chi connectivity index (χ1v) is 16.0. The predicted octanol–water partition coefficient (Wildman–Crippen LogP) is 5.82. The summed E-state index contributed by atoms with van der Waals surface area (Å²) in [5, 5.41) is 10.1. The summed E-state index contributed by atoms with van der Waals surface area (Å²) in [6, 6.07) is 14.1. The average molecular weight is 649 g/mol.